The number of rotatable bonds is 2. The Kier molecular flexibility index (Phi) is 4.46. The number of carboxylic acids is 1. The third-order valence-electron chi connectivity index (χ3n) is 4.10. The van der Waals surface area contributed by atoms with Crippen LogP contribution in [0.3, 0.4) is 0 Å². The first-order valence-electron chi connectivity index (χ1n) is 7.01. The number of nitrogens with zero attached hydrogens (tertiary/aromatic N) is 2. The zero-order valence-electron chi connectivity index (χ0n) is 11.7. The molecule has 1 saturated heterocycles. The predicted molar refractivity (Wildman–Crippen MR) is 71.1 cm³/mol. The minimum Gasteiger partial charge on any atom is -0.481 e. The lowest BCUT2D eigenvalue weighted by atomic mass is 10.0. The number of hydrogen-bond acceptors (Lipinski definition) is 3. The van der Waals surface area contributed by atoms with Gasteiger partial charge in [-0.05, 0) is 19.3 Å². The zero-order chi connectivity index (χ0) is 14.7. The molecule has 0 aromatic heterocycles. The van der Waals surface area contributed by atoms with Crippen LogP contribution in [0.15, 0.2) is 0 Å². The van der Waals surface area contributed by atoms with Crippen LogP contribution in [0.4, 0.5) is 4.79 Å². The fourth-order valence-corrected chi connectivity index (χ4v) is 2.84. The molecule has 0 aromatic rings. The van der Waals surface area contributed by atoms with Crippen LogP contribution in [0.5, 0.6) is 0 Å². The largest absolute Gasteiger partial charge is 0.481 e. The number of nitrogens with one attached hydrogen (secondary N) is 1. The standard InChI is InChI=1S/C13H21N3O4/c1-15-6-3-7-16(8-11(15)17)13(20)14-10-5-2-4-9(10)12(18)19/h9-10H,2-8H2,1H3,(H,14,20)(H,18,19). The smallest absolute Gasteiger partial charge is 0.318 e. The average molecular weight is 283 g/mol. The summed E-state index contributed by atoms with van der Waals surface area (Å²) < 4.78 is 0. The fourth-order valence-electron chi connectivity index (χ4n) is 2.84. The fraction of sp³-hybridized carbons (Fsp3) is 0.769. The second-order valence-corrected chi connectivity index (χ2v) is 5.52. The molecule has 1 heterocycles. The van der Waals surface area contributed by atoms with Crippen molar-refractivity contribution in [2.75, 3.05) is 26.7 Å². The second kappa shape index (κ2) is 6.11. The van der Waals surface area contributed by atoms with Gasteiger partial charge in [-0.3, -0.25) is 9.59 Å². The predicted octanol–water partition coefficient (Wildman–Crippen LogP) is 0.113. The number of aliphatic carboxylic acids is 1. The Labute approximate surface area is 117 Å². The number of likely N-dealkylation sites (N-methyl/N-ethyl adjacent to an activating group) is 1. The van der Waals surface area contributed by atoms with Gasteiger partial charge in [-0.2, -0.15) is 0 Å². The lowest BCUT2D eigenvalue weighted by Crippen LogP contribution is -2.49. The number of carboxylic acid groups (broad SMARTS) is 1. The van der Waals surface area contributed by atoms with E-state index in [0.717, 1.165) is 12.8 Å². The van der Waals surface area contributed by atoms with Gasteiger partial charge in [0.15, 0.2) is 0 Å². The molecule has 2 atom stereocenters. The van der Waals surface area contributed by atoms with E-state index in [-0.39, 0.29) is 24.5 Å². The Balaban J connectivity index is 1.94. The van der Waals surface area contributed by atoms with Gasteiger partial charge in [0.1, 0.15) is 6.54 Å². The Bertz CT molecular complexity index is 412. The summed E-state index contributed by atoms with van der Waals surface area (Å²) in [7, 11) is 1.72. The lowest BCUT2D eigenvalue weighted by Gasteiger charge is -2.24. The minimum absolute atomic E-state index is 0.0623. The first-order chi connectivity index (χ1) is 9.49. The zero-order valence-corrected chi connectivity index (χ0v) is 11.7. The van der Waals surface area contributed by atoms with Crippen molar-refractivity contribution in [1.82, 2.24) is 15.1 Å². The summed E-state index contributed by atoms with van der Waals surface area (Å²) in [6.07, 6.45) is 2.83. The van der Waals surface area contributed by atoms with Crippen molar-refractivity contribution in [3.05, 3.63) is 0 Å². The van der Waals surface area contributed by atoms with Gasteiger partial charge in [0.2, 0.25) is 5.91 Å². The van der Waals surface area contributed by atoms with E-state index in [4.69, 9.17) is 5.11 Å². The monoisotopic (exact) mass is 283 g/mol. The third kappa shape index (κ3) is 3.20. The number of carbonyl (C=O) groups is 3. The van der Waals surface area contributed by atoms with E-state index in [1.54, 1.807) is 11.9 Å². The van der Waals surface area contributed by atoms with E-state index < -0.39 is 11.9 Å². The molecular weight excluding hydrogens is 262 g/mol. The summed E-state index contributed by atoms with van der Waals surface area (Å²) in [5.41, 5.74) is 0. The maximum absolute atomic E-state index is 12.2. The molecule has 0 spiro atoms. The molecule has 20 heavy (non-hydrogen) atoms. The summed E-state index contributed by atoms with van der Waals surface area (Å²) in [5.74, 6) is -1.46. The highest BCUT2D eigenvalue weighted by Gasteiger charge is 2.35. The van der Waals surface area contributed by atoms with Gasteiger partial charge in [0.05, 0.1) is 5.92 Å². The maximum atomic E-state index is 12.2. The van der Waals surface area contributed by atoms with Crippen molar-refractivity contribution >= 4 is 17.9 Å². The summed E-state index contributed by atoms with van der Waals surface area (Å²) in [5, 5.41) is 11.9. The van der Waals surface area contributed by atoms with Crippen LogP contribution in [0.1, 0.15) is 25.7 Å². The number of urea groups is 1. The van der Waals surface area contributed by atoms with Gasteiger partial charge in [0, 0.05) is 26.2 Å². The summed E-state index contributed by atoms with van der Waals surface area (Å²) >= 11 is 0. The molecule has 2 rings (SSSR count). The van der Waals surface area contributed by atoms with Crippen LogP contribution < -0.4 is 5.32 Å². The molecule has 2 unspecified atom stereocenters. The van der Waals surface area contributed by atoms with Crippen molar-refractivity contribution in [2.24, 2.45) is 5.92 Å². The molecule has 1 aliphatic carbocycles. The lowest BCUT2D eigenvalue weighted by molar-refractivity contribution is -0.142. The van der Waals surface area contributed by atoms with E-state index in [9.17, 15) is 14.4 Å². The summed E-state index contributed by atoms with van der Waals surface area (Å²) in [6.45, 7) is 1.23. The van der Waals surface area contributed by atoms with Crippen LogP contribution in [0, 0.1) is 5.92 Å². The second-order valence-electron chi connectivity index (χ2n) is 5.52. The molecule has 3 amide bonds. The highest BCUT2D eigenvalue weighted by atomic mass is 16.4. The Morgan fingerprint density at radius 1 is 1.25 bits per heavy atom. The van der Waals surface area contributed by atoms with E-state index in [2.05, 4.69) is 5.32 Å². The molecule has 0 bridgehead atoms. The normalized spacial score (nSPS) is 27.4. The van der Waals surface area contributed by atoms with Crippen molar-refractivity contribution < 1.29 is 19.5 Å². The quantitative estimate of drug-likeness (QED) is 0.753. The van der Waals surface area contributed by atoms with E-state index in [1.165, 1.54) is 4.90 Å². The summed E-state index contributed by atoms with van der Waals surface area (Å²) in [4.78, 5) is 38.1. The molecule has 1 aliphatic heterocycles. The molecule has 0 aromatic carbocycles. The van der Waals surface area contributed by atoms with Gasteiger partial charge in [0.25, 0.3) is 0 Å². The SMILES string of the molecule is CN1CCCN(C(=O)NC2CCCC2C(=O)O)CC1=O. The highest BCUT2D eigenvalue weighted by molar-refractivity contribution is 5.84. The van der Waals surface area contributed by atoms with Crippen molar-refractivity contribution in [3.63, 3.8) is 0 Å². The molecule has 7 nitrogen and oxygen atoms in total. The van der Waals surface area contributed by atoms with Crippen LogP contribution in [0.25, 0.3) is 0 Å². The highest BCUT2D eigenvalue weighted by Crippen LogP contribution is 2.26. The number of amides is 3. The minimum atomic E-state index is -0.862. The molecule has 1 saturated carbocycles. The maximum Gasteiger partial charge on any atom is 0.318 e. The van der Waals surface area contributed by atoms with E-state index >= 15 is 0 Å². The summed E-state index contributed by atoms with van der Waals surface area (Å²) in [6, 6.07) is -0.650. The topological polar surface area (TPSA) is 89.9 Å². The van der Waals surface area contributed by atoms with Gasteiger partial charge in [-0.25, -0.2) is 4.79 Å². The first kappa shape index (κ1) is 14.6. The van der Waals surface area contributed by atoms with Crippen molar-refractivity contribution in [1.29, 1.82) is 0 Å². The third-order valence-corrected chi connectivity index (χ3v) is 4.10. The molecule has 2 N–H and O–H groups in total. The molecule has 0 radical (unpaired) electrons. The van der Waals surface area contributed by atoms with Crippen LogP contribution in [0.2, 0.25) is 0 Å². The van der Waals surface area contributed by atoms with Crippen LogP contribution in [-0.4, -0.2) is 65.5 Å². The van der Waals surface area contributed by atoms with Gasteiger partial charge in [-0.1, -0.05) is 6.42 Å². The van der Waals surface area contributed by atoms with Gasteiger partial charge < -0.3 is 20.2 Å². The van der Waals surface area contributed by atoms with Crippen molar-refractivity contribution in [2.45, 2.75) is 31.7 Å². The van der Waals surface area contributed by atoms with Crippen molar-refractivity contribution in [3.8, 4) is 0 Å². The molecule has 7 heteroatoms. The Hall–Kier alpha value is -1.79. The van der Waals surface area contributed by atoms with E-state index in [1.807, 2.05) is 0 Å². The first-order valence-corrected chi connectivity index (χ1v) is 7.01. The van der Waals surface area contributed by atoms with Crippen LogP contribution >= 0.6 is 0 Å². The van der Waals surface area contributed by atoms with Gasteiger partial charge >= 0.3 is 12.0 Å². The molecular formula is C13H21N3O4. The Morgan fingerprint density at radius 3 is 2.70 bits per heavy atom. The number of hydrogen-bond donors (Lipinski definition) is 2. The van der Waals surface area contributed by atoms with Crippen LogP contribution in [-0.2, 0) is 9.59 Å². The van der Waals surface area contributed by atoms with Gasteiger partial charge in [-0.15, -0.1) is 0 Å². The molecule has 2 aliphatic rings. The van der Waals surface area contributed by atoms with E-state index in [0.29, 0.717) is 25.9 Å². The average Bonchev–Trinajstić information content (AvgIpc) is 2.78. The number of carbonyl (C=O) groups excluding carboxylic acids is 2. The Morgan fingerprint density at radius 2 is 2.00 bits per heavy atom. The molecule has 112 valence electrons. The molecule has 2 fully saturated rings.